The van der Waals surface area contributed by atoms with Gasteiger partial charge in [-0.3, -0.25) is 4.79 Å². The molecular weight excluding hydrogens is 582 g/mol. The molecule has 2 heterocycles. The zero-order valence-corrected chi connectivity index (χ0v) is 30.9. The Bertz CT molecular complexity index is 1660. The van der Waals surface area contributed by atoms with Gasteiger partial charge in [-0.1, -0.05) is 34.1 Å². The van der Waals surface area contributed by atoms with Crippen LogP contribution >= 0.6 is 0 Å². The average molecular weight is 644 g/mol. The summed E-state index contributed by atoms with van der Waals surface area (Å²) < 4.78 is 6.56. The molecule has 9 rings (SSSR count). The Balaban J connectivity index is 0.00000104. The molecule has 1 aromatic carbocycles. The third-order valence-electron chi connectivity index (χ3n) is 16.2. The molecule has 0 radical (unpaired) electrons. The molecule has 5 nitrogen and oxygen atoms in total. The van der Waals surface area contributed by atoms with Crippen LogP contribution in [0, 0.1) is 46.3 Å². The lowest BCUT2D eigenvalue weighted by molar-refractivity contribution is -0.251. The number of aromatic amines is 1. The fourth-order valence-electron chi connectivity index (χ4n) is 13.9. The monoisotopic (exact) mass is 643 g/mol. The van der Waals surface area contributed by atoms with E-state index in [1.807, 2.05) is 13.8 Å². The Kier molecular flexibility index (Phi) is 6.60. The zero-order valence-electron chi connectivity index (χ0n) is 30.9. The van der Waals surface area contributed by atoms with E-state index < -0.39 is 16.8 Å². The number of nitrogens with one attached hydrogen (secondary N) is 1. The number of aliphatic hydroxyl groups is 2. The van der Waals surface area contributed by atoms with Gasteiger partial charge >= 0.3 is 0 Å². The minimum absolute atomic E-state index is 0.00591. The van der Waals surface area contributed by atoms with Crippen molar-refractivity contribution in [1.82, 2.24) is 4.98 Å². The van der Waals surface area contributed by atoms with Crippen LogP contribution in [0.25, 0.3) is 10.9 Å². The van der Waals surface area contributed by atoms with Crippen molar-refractivity contribution in [2.45, 2.75) is 161 Å². The number of fused-ring (bicyclic) bond motifs is 10. The van der Waals surface area contributed by atoms with Gasteiger partial charge in [-0.2, -0.15) is 0 Å². The first-order valence-corrected chi connectivity index (χ1v) is 19.2. The van der Waals surface area contributed by atoms with Gasteiger partial charge in [0.2, 0.25) is 0 Å². The lowest BCUT2D eigenvalue weighted by atomic mass is 9.38. The summed E-state index contributed by atoms with van der Waals surface area (Å²) in [5.74, 6) is 2.15. The van der Waals surface area contributed by atoms with Gasteiger partial charge in [-0.05, 0) is 146 Å². The minimum Gasteiger partial charge on any atom is -0.390 e. The highest BCUT2D eigenvalue weighted by Gasteiger charge is 2.81. The molecule has 6 aliphatic carbocycles. The number of Topliss-reactive ketones (excluding diaryl/α,β-unsaturated/α-hetero) is 1. The van der Waals surface area contributed by atoms with Crippen LogP contribution in [0.3, 0.4) is 0 Å². The quantitative estimate of drug-likeness (QED) is 0.290. The fraction of sp³-hybridized carbons (Fsp3) is 0.786. The number of ketones is 1. The summed E-state index contributed by atoms with van der Waals surface area (Å²) in [4.78, 5) is 18.2. The van der Waals surface area contributed by atoms with Crippen LogP contribution in [0.5, 0.6) is 0 Å². The summed E-state index contributed by atoms with van der Waals surface area (Å²) in [7, 11) is 0. The molecule has 5 heteroatoms. The predicted octanol–water partition coefficient (Wildman–Crippen LogP) is 8.70. The summed E-state index contributed by atoms with van der Waals surface area (Å²) in [5, 5.41) is 25.5. The highest BCUT2D eigenvalue weighted by molar-refractivity contribution is 6.06. The van der Waals surface area contributed by atoms with E-state index in [9.17, 15) is 15.0 Å². The minimum atomic E-state index is -0.693. The van der Waals surface area contributed by atoms with E-state index in [2.05, 4.69) is 72.5 Å². The highest BCUT2D eigenvalue weighted by Crippen LogP contribution is 2.82. The Morgan fingerprint density at radius 1 is 0.915 bits per heavy atom. The molecule has 1 aliphatic heterocycles. The molecule has 0 amide bonds. The number of aromatic nitrogens is 1. The van der Waals surface area contributed by atoms with Crippen LogP contribution in [-0.2, 0) is 23.0 Å². The smallest absolute Gasteiger partial charge is 0.169 e. The number of hydrogen-bond donors (Lipinski definition) is 3. The summed E-state index contributed by atoms with van der Waals surface area (Å²) in [6, 6.07) is 4.25. The van der Waals surface area contributed by atoms with Crippen molar-refractivity contribution in [2.24, 2.45) is 46.3 Å². The number of H-pyrrole nitrogens is 1. The normalized spacial score (nSPS) is 45.0. The van der Waals surface area contributed by atoms with Gasteiger partial charge in [0.05, 0.1) is 28.3 Å². The van der Waals surface area contributed by atoms with E-state index >= 15 is 0 Å². The topological polar surface area (TPSA) is 82.5 Å². The maximum absolute atomic E-state index is 14.2. The predicted molar refractivity (Wildman–Crippen MR) is 188 cm³/mol. The van der Waals surface area contributed by atoms with Crippen molar-refractivity contribution >= 4 is 16.7 Å². The maximum Gasteiger partial charge on any atom is 0.169 e. The van der Waals surface area contributed by atoms with E-state index in [0.29, 0.717) is 23.7 Å². The molecule has 1 aromatic heterocycles. The third kappa shape index (κ3) is 3.76. The largest absolute Gasteiger partial charge is 0.390 e. The van der Waals surface area contributed by atoms with Gasteiger partial charge in [0, 0.05) is 44.3 Å². The summed E-state index contributed by atoms with van der Waals surface area (Å²) in [5.41, 5.74) is 3.54. The van der Waals surface area contributed by atoms with E-state index in [-0.39, 0.29) is 39.5 Å². The van der Waals surface area contributed by atoms with Crippen molar-refractivity contribution in [3.63, 3.8) is 0 Å². The summed E-state index contributed by atoms with van der Waals surface area (Å²) in [6.07, 6.45) is 10.5. The Labute approximate surface area is 283 Å². The second-order valence-corrected chi connectivity index (χ2v) is 19.5. The molecular formula is C42H61NO4. The molecule has 2 aromatic rings. The Hall–Kier alpha value is -1.69. The number of carbonyl (C=O) groups is 1. The fourth-order valence-corrected chi connectivity index (χ4v) is 13.9. The van der Waals surface area contributed by atoms with Crippen molar-refractivity contribution in [3.8, 4) is 0 Å². The first-order valence-electron chi connectivity index (χ1n) is 19.2. The second kappa shape index (κ2) is 9.55. The number of carbonyl (C=O) groups excluding carboxylic acids is 1. The summed E-state index contributed by atoms with van der Waals surface area (Å²) >= 11 is 0. The number of hydrogen-bond acceptors (Lipinski definition) is 4. The number of benzene rings is 1. The number of rotatable bonds is 1. The Morgan fingerprint density at radius 2 is 1.57 bits per heavy atom. The van der Waals surface area contributed by atoms with Gasteiger partial charge < -0.3 is 19.9 Å². The highest BCUT2D eigenvalue weighted by atomic mass is 16.5. The standard InChI is InChI=1S/C39H53NO4.C3H8/c1-33(2,42)22-15-21-11-13-36(7)37(8)20(12-14-39(36,43)38(21)19-23(38)16-22)17-26-29-25-18-27-30(35(5,6)44-34(27,3)4)31(41)24(25)9-10-28(29)40-32(26)37;1-3-2/h9-10,20-23,27,30,40,42-43H,11-19H2,1-8H3;3H2,1-2H3/t20?,21?,22?,23-,27?,30?,36+,37+,38+,39-;/m0./s1. The molecule has 258 valence electrons. The van der Waals surface area contributed by atoms with Crippen LogP contribution in [0.15, 0.2) is 12.1 Å². The van der Waals surface area contributed by atoms with Crippen LogP contribution in [0.1, 0.15) is 148 Å². The van der Waals surface area contributed by atoms with E-state index in [1.54, 1.807) is 0 Å². The van der Waals surface area contributed by atoms with Gasteiger partial charge in [0.1, 0.15) is 0 Å². The lowest BCUT2D eigenvalue weighted by Crippen LogP contribution is -2.70. The maximum atomic E-state index is 14.2. The van der Waals surface area contributed by atoms with Gasteiger partial charge in [-0.15, -0.1) is 0 Å². The second-order valence-electron chi connectivity index (χ2n) is 19.5. The van der Waals surface area contributed by atoms with Crippen molar-refractivity contribution in [2.75, 3.05) is 0 Å². The molecule has 47 heavy (non-hydrogen) atoms. The molecule has 7 aliphatic rings. The third-order valence-corrected chi connectivity index (χ3v) is 16.2. The van der Waals surface area contributed by atoms with E-state index in [0.717, 1.165) is 68.9 Å². The lowest BCUT2D eigenvalue weighted by Gasteiger charge is -2.68. The van der Waals surface area contributed by atoms with Crippen LogP contribution < -0.4 is 0 Å². The van der Waals surface area contributed by atoms with Crippen molar-refractivity contribution in [3.05, 3.63) is 34.5 Å². The number of ether oxygens (including phenoxy) is 1. The SMILES string of the molecule is CC(C)(O)C1CC2CC[C@@]3(C)[C@@](O)(CCC4Cc5c([nH]c6ccc7c(c56)CC5C(C7=O)C(C)(C)OC5(C)C)[C@@]43C)[C@]23C[C@@H]3C1.CCC. The van der Waals surface area contributed by atoms with Crippen LogP contribution in [-0.4, -0.2) is 43.4 Å². The zero-order chi connectivity index (χ0) is 33.9. The van der Waals surface area contributed by atoms with Crippen LogP contribution in [0.4, 0.5) is 0 Å². The molecule has 1 saturated heterocycles. The Morgan fingerprint density at radius 3 is 2.26 bits per heavy atom. The molecule has 5 fully saturated rings. The summed E-state index contributed by atoms with van der Waals surface area (Å²) in [6.45, 7) is 21.7. The van der Waals surface area contributed by atoms with Gasteiger partial charge in [0.15, 0.2) is 5.78 Å². The average Bonchev–Trinajstić information content (AvgIpc) is 3.43. The van der Waals surface area contributed by atoms with E-state index in [4.69, 9.17) is 4.74 Å². The van der Waals surface area contributed by atoms with Gasteiger partial charge in [0.25, 0.3) is 0 Å². The van der Waals surface area contributed by atoms with Crippen LogP contribution in [0.2, 0.25) is 0 Å². The van der Waals surface area contributed by atoms with Crippen molar-refractivity contribution in [1.29, 1.82) is 0 Å². The van der Waals surface area contributed by atoms with Gasteiger partial charge in [-0.25, -0.2) is 0 Å². The molecule has 5 unspecified atom stereocenters. The first kappa shape index (κ1) is 32.5. The van der Waals surface area contributed by atoms with E-state index in [1.165, 1.54) is 28.6 Å². The molecule has 10 atom stereocenters. The molecule has 0 bridgehead atoms. The van der Waals surface area contributed by atoms with Crippen molar-refractivity contribution < 1.29 is 19.7 Å². The first-order chi connectivity index (χ1) is 21.8. The molecule has 4 saturated carbocycles. The molecule has 1 spiro atoms. The molecule has 3 N–H and O–H groups in total.